The monoisotopic (exact) mass is 493 g/mol. The highest BCUT2D eigenvalue weighted by atomic mass is 16.3. The van der Waals surface area contributed by atoms with E-state index < -0.39 is 47.1 Å². The third kappa shape index (κ3) is 4.42. The van der Waals surface area contributed by atoms with Crippen molar-refractivity contribution in [2.45, 2.75) is 51.0 Å². The number of aromatic hydroxyl groups is 1. The fourth-order valence-electron chi connectivity index (χ4n) is 5.65. The van der Waals surface area contributed by atoms with Crippen molar-refractivity contribution in [3.63, 3.8) is 0 Å². The molecule has 0 aliphatic heterocycles. The number of hydrogen-bond acceptors (Lipinski definition) is 7. The number of aliphatic hydroxyl groups is 3. The average Bonchev–Trinajstić information content (AvgIpc) is 2.82. The van der Waals surface area contributed by atoms with Crippen LogP contribution in [0.3, 0.4) is 0 Å². The summed E-state index contributed by atoms with van der Waals surface area (Å²) in [6.45, 7) is 1.64. The molecule has 0 unspecified atom stereocenters. The molecule has 4 rings (SSSR count). The first kappa shape index (κ1) is 25.6. The van der Waals surface area contributed by atoms with Gasteiger partial charge in [-0.2, -0.15) is 0 Å². The number of carbonyl (C=O) groups is 3. The van der Waals surface area contributed by atoms with Crippen LogP contribution in [0.2, 0.25) is 0 Å². The SMILES string of the molecule is Cc1ccc(CCc2ccc(O)c3c2C[C@H]2C[C@@H](CCO)[C@@](O)(C(=O)CC(N)=O)C(=O)C2=C3O)cc1. The second-order valence-corrected chi connectivity index (χ2v) is 9.85. The number of phenolic OH excluding ortho intramolecular Hbond substituents is 1. The topological polar surface area (TPSA) is 158 Å². The number of aliphatic hydroxyl groups excluding tert-OH is 2. The maximum Gasteiger partial charge on any atom is 0.225 e. The summed E-state index contributed by atoms with van der Waals surface area (Å²) < 4.78 is 0. The zero-order valence-electron chi connectivity index (χ0n) is 20.2. The van der Waals surface area contributed by atoms with Crippen molar-refractivity contribution in [3.05, 3.63) is 69.8 Å². The Morgan fingerprint density at radius 3 is 2.42 bits per heavy atom. The van der Waals surface area contributed by atoms with E-state index in [1.54, 1.807) is 0 Å². The summed E-state index contributed by atoms with van der Waals surface area (Å²) in [6.07, 6.45) is 0.973. The van der Waals surface area contributed by atoms with Crippen molar-refractivity contribution in [2.24, 2.45) is 17.6 Å². The van der Waals surface area contributed by atoms with Gasteiger partial charge in [-0.1, -0.05) is 35.9 Å². The minimum Gasteiger partial charge on any atom is -0.507 e. The van der Waals surface area contributed by atoms with Crippen LogP contribution in [-0.2, 0) is 33.6 Å². The van der Waals surface area contributed by atoms with E-state index in [1.807, 2.05) is 25.1 Å². The predicted molar refractivity (Wildman–Crippen MR) is 132 cm³/mol. The van der Waals surface area contributed by atoms with Crippen LogP contribution in [0, 0.1) is 18.8 Å². The van der Waals surface area contributed by atoms with Gasteiger partial charge in [-0.3, -0.25) is 14.4 Å². The van der Waals surface area contributed by atoms with Gasteiger partial charge in [-0.25, -0.2) is 0 Å². The quantitative estimate of drug-likeness (QED) is 0.352. The van der Waals surface area contributed by atoms with Gasteiger partial charge in [0.25, 0.3) is 0 Å². The van der Waals surface area contributed by atoms with Gasteiger partial charge in [0.2, 0.25) is 11.7 Å². The molecule has 0 aromatic heterocycles. The first-order valence-corrected chi connectivity index (χ1v) is 12.1. The Kier molecular flexibility index (Phi) is 7.02. The van der Waals surface area contributed by atoms with Crippen LogP contribution in [0.15, 0.2) is 42.0 Å². The standard InChI is InChI=1S/C28H31NO7/c1-15-2-4-16(5-3-15)6-7-17-8-9-21(31)25-20(17)13-18-12-19(10-11-30)28(36,22(32)14-23(29)33)27(35)24(18)26(25)34/h2-5,8-9,18-19,30-31,34,36H,6-7,10-14H2,1H3,(H2,29,33)/t18-,19-,28-/m1/s1. The van der Waals surface area contributed by atoms with Crippen molar-refractivity contribution in [1.29, 1.82) is 0 Å². The van der Waals surface area contributed by atoms with E-state index in [0.29, 0.717) is 12.8 Å². The molecule has 2 aliphatic rings. The third-order valence-corrected chi connectivity index (χ3v) is 7.53. The van der Waals surface area contributed by atoms with Gasteiger partial charge < -0.3 is 26.2 Å². The lowest BCUT2D eigenvalue weighted by molar-refractivity contribution is -0.159. The molecule has 6 N–H and O–H groups in total. The molecule has 8 nitrogen and oxygen atoms in total. The smallest absolute Gasteiger partial charge is 0.225 e. The first-order valence-electron chi connectivity index (χ1n) is 12.1. The number of hydrogen-bond donors (Lipinski definition) is 5. The van der Waals surface area contributed by atoms with Gasteiger partial charge in [-0.05, 0) is 67.7 Å². The Morgan fingerprint density at radius 2 is 1.78 bits per heavy atom. The fourth-order valence-corrected chi connectivity index (χ4v) is 5.65. The number of benzene rings is 2. The van der Waals surface area contributed by atoms with Gasteiger partial charge in [0.15, 0.2) is 11.4 Å². The zero-order chi connectivity index (χ0) is 26.2. The maximum atomic E-state index is 13.5. The normalized spacial score (nSPS) is 23.2. The molecule has 1 saturated carbocycles. The second kappa shape index (κ2) is 9.87. The molecule has 36 heavy (non-hydrogen) atoms. The molecule has 190 valence electrons. The van der Waals surface area contributed by atoms with Crippen molar-refractivity contribution < 1.29 is 34.8 Å². The molecular weight excluding hydrogens is 462 g/mol. The van der Waals surface area contributed by atoms with E-state index in [0.717, 1.165) is 28.7 Å². The van der Waals surface area contributed by atoms with Gasteiger partial charge in [0, 0.05) is 18.1 Å². The molecule has 2 aromatic rings. The average molecular weight is 494 g/mol. The van der Waals surface area contributed by atoms with Crippen LogP contribution in [0.4, 0.5) is 0 Å². The van der Waals surface area contributed by atoms with Gasteiger partial charge >= 0.3 is 0 Å². The minimum atomic E-state index is -2.59. The number of phenols is 1. The van der Waals surface area contributed by atoms with Crippen LogP contribution >= 0.6 is 0 Å². The Labute approximate surface area is 209 Å². The van der Waals surface area contributed by atoms with Crippen molar-refractivity contribution in [3.8, 4) is 5.75 Å². The van der Waals surface area contributed by atoms with Gasteiger partial charge in [0.05, 0.1) is 12.0 Å². The highest BCUT2D eigenvalue weighted by Gasteiger charge is 2.57. The molecular formula is C28H31NO7. The lowest BCUT2D eigenvalue weighted by Crippen LogP contribution is -2.59. The van der Waals surface area contributed by atoms with Gasteiger partial charge in [-0.15, -0.1) is 0 Å². The number of primary amides is 1. The molecule has 1 amide bonds. The zero-order valence-corrected chi connectivity index (χ0v) is 20.2. The van der Waals surface area contributed by atoms with E-state index in [9.17, 15) is 34.8 Å². The van der Waals surface area contributed by atoms with Crippen molar-refractivity contribution in [2.75, 3.05) is 6.61 Å². The highest BCUT2D eigenvalue weighted by molar-refractivity contribution is 6.23. The Hall–Kier alpha value is -3.49. The van der Waals surface area contributed by atoms with E-state index in [1.165, 1.54) is 6.07 Å². The first-order chi connectivity index (χ1) is 17.1. The van der Waals surface area contributed by atoms with E-state index in [-0.39, 0.29) is 36.3 Å². The van der Waals surface area contributed by atoms with Crippen LogP contribution in [-0.4, -0.2) is 50.1 Å². The van der Waals surface area contributed by atoms with E-state index >= 15 is 0 Å². The van der Waals surface area contributed by atoms with Crippen molar-refractivity contribution in [1.82, 2.24) is 0 Å². The molecule has 0 saturated heterocycles. The number of carbonyl (C=O) groups excluding carboxylic acids is 3. The summed E-state index contributed by atoms with van der Waals surface area (Å²) in [4.78, 5) is 37.7. The molecule has 3 atom stereocenters. The molecule has 0 bridgehead atoms. The molecule has 0 radical (unpaired) electrons. The molecule has 2 aliphatic carbocycles. The lowest BCUT2D eigenvalue weighted by atomic mass is 9.61. The number of fused-ring (bicyclic) bond motifs is 2. The molecule has 1 fully saturated rings. The summed E-state index contributed by atoms with van der Waals surface area (Å²) in [5.74, 6) is -5.19. The molecule has 0 heterocycles. The number of Topliss-reactive ketones (excluding diaryl/α,β-unsaturated/α-hetero) is 2. The largest absolute Gasteiger partial charge is 0.507 e. The summed E-state index contributed by atoms with van der Waals surface area (Å²) in [5, 5.41) is 42.6. The number of rotatable bonds is 8. The van der Waals surface area contributed by atoms with Crippen molar-refractivity contribution >= 4 is 23.2 Å². The number of aryl methyl sites for hydroxylation is 3. The summed E-state index contributed by atoms with van der Waals surface area (Å²) in [5.41, 5.74) is 6.49. The Morgan fingerprint density at radius 1 is 1.08 bits per heavy atom. The molecule has 8 heteroatoms. The number of amides is 1. The Bertz CT molecular complexity index is 1250. The second-order valence-electron chi connectivity index (χ2n) is 9.85. The number of ketones is 2. The summed E-state index contributed by atoms with van der Waals surface area (Å²) >= 11 is 0. The predicted octanol–water partition coefficient (Wildman–Crippen LogP) is 2.07. The number of nitrogens with two attached hydrogens (primary N) is 1. The lowest BCUT2D eigenvalue weighted by Gasteiger charge is -2.43. The summed E-state index contributed by atoms with van der Waals surface area (Å²) in [6, 6.07) is 11.5. The molecule has 0 spiro atoms. The highest BCUT2D eigenvalue weighted by Crippen LogP contribution is 2.49. The van der Waals surface area contributed by atoms with E-state index in [4.69, 9.17) is 5.73 Å². The third-order valence-electron chi connectivity index (χ3n) is 7.53. The Balaban J connectivity index is 1.75. The van der Waals surface area contributed by atoms with Crippen LogP contribution in [0.1, 0.15) is 47.1 Å². The fraction of sp³-hybridized carbons (Fsp3) is 0.393. The van der Waals surface area contributed by atoms with E-state index in [2.05, 4.69) is 12.1 Å². The molecule has 2 aromatic carbocycles. The van der Waals surface area contributed by atoms with Crippen LogP contribution in [0.25, 0.3) is 5.76 Å². The maximum absolute atomic E-state index is 13.5. The van der Waals surface area contributed by atoms with Crippen LogP contribution in [0.5, 0.6) is 5.75 Å². The van der Waals surface area contributed by atoms with Crippen LogP contribution < -0.4 is 5.73 Å². The summed E-state index contributed by atoms with van der Waals surface area (Å²) in [7, 11) is 0. The minimum absolute atomic E-state index is 0.0372. The van der Waals surface area contributed by atoms with Gasteiger partial charge in [0.1, 0.15) is 11.5 Å².